The molecule has 18 heavy (non-hydrogen) atoms. The second-order valence-corrected chi connectivity index (χ2v) is 5.12. The monoisotopic (exact) mass is 246 g/mol. The quantitative estimate of drug-likeness (QED) is 0.561. The zero-order valence-corrected chi connectivity index (χ0v) is 11.2. The van der Waals surface area contributed by atoms with Crippen LogP contribution in [0, 0.1) is 5.41 Å². The molecule has 0 aliphatic heterocycles. The van der Waals surface area contributed by atoms with Gasteiger partial charge in [0.25, 0.3) is 0 Å². The smallest absolute Gasteiger partial charge is 0.303 e. The number of allylic oxidation sites excluding steroid dienone is 8. The molecule has 2 nitrogen and oxygen atoms in total. The first-order valence-corrected chi connectivity index (χ1v) is 6.45. The van der Waals surface area contributed by atoms with Crippen molar-refractivity contribution in [2.75, 3.05) is 0 Å². The van der Waals surface area contributed by atoms with E-state index in [9.17, 15) is 4.79 Å². The van der Waals surface area contributed by atoms with Crippen molar-refractivity contribution in [2.24, 2.45) is 5.41 Å². The van der Waals surface area contributed by atoms with Crippen molar-refractivity contribution >= 4 is 5.97 Å². The normalized spacial score (nSPS) is 15.8. The Morgan fingerprint density at radius 2 is 2.17 bits per heavy atom. The van der Waals surface area contributed by atoms with Crippen LogP contribution in [0.2, 0.25) is 0 Å². The Labute approximate surface area is 109 Å². The molecule has 0 aromatic heterocycles. The van der Waals surface area contributed by atoms with Crippen LogP contribution < -0.4 is 0 Å². The first kappa shape index (κ1) is 14.5. The van der Waals surface area contributed by atoms with Crippen LogP contribution in [-0.2, 0) is 4.79 Å². The lowest BCUT2D eigenvalue weighted by Gasteiger charge is -2.23. The molecule has 0 saturated heterocycles. The molecule has 0 fully saturated rings. The van der Waals surface area contributed by atoms with E-state index >= 15 is 0 Å². The molecule has 0 aromatic rings. The standard InChI is InChI=1S/C16H22O2/c1-16(2,13-9-5-8-12-15(17)18)14-10-6-3-4-7-11-14/h3-4,6-7,9-10,13H,5,8,11-12H2,1-2H3,(H,17,18). The maximum atomic E-state index is 10.4. The average Bonchev–Trinajstić information content (AvgIpc) is 2.56. The van der Waals surface area contributed by atoms with Gasteiger partial charge in [0.2, 0.25) is 0 Å². The Morgan fingerprint density at radius 3 is 2.89 bits per heavy atom. The maximum Gasteiger partial charge on any atom is 0.303 e. The largest absolute Gasteiger partial charge is 0.481 e. The van der Waals surface area contributed by atoms with Gasteiger partial charge in [-0.05, 0) is 19.3 Å². The van der Waals surface area contributed by atoms with Gasteiger partial charge in [-0.1, -0.05) is 62.0 Å². The van der Waals surface area contributed by atoms with E-state index in [2.05, 4.69) is 50.3 Å². The third-order valence-corrected chi connectivity index (χ3v) is 3.12. The number of hydrogen-bond donors (Lipinski definition) is 1. The van der Waals surface area contributed by atoms with Crippen LogP contribution in [0.3, 0.4) is 0 Å². The molecule has 0 unspecified atom stereocenters. The Kier molecular flexibility index (Phi) is 5.63. The fourth-order valence-electron chi connectivity index (χ4n) is 1.91. The minimum Gasteiger partial charge on any atom is -0.481 e. The van der Waals surface area contributed by atoms with E-state index in [1.165, 1.54) is 5.57 Å². The molecule has 1 rings (SSSR count). The molecule has 1 aliphatic carbocycles. The molecular weight excluding hydrogens is 224 g/mol. The summed E-state index contributed by atoms with van der Waals surface area (Å²) in [6.07, 6.45) is 17.6. The first-order chi connectivity index (χ1) is 8.52. The second kappa shape index (κ2) is 7.00. The zero-order valence-electron chi connectivity index (χ0n) is 11.2. The fraction of sp³-hybridized carbons (Fsp3) is 0.438. The molecular formula is C16H22O2. The summed E-state index contributed by atoms with van der Waals surface area (Å²) in [5, 5.41) is 8.56. The van der Waals surface area contributed by atoms with E-state index in [-0.39, 0.29) is 11.8 Å². The van der Waals surface area contributed by atoms with Gasteiger partial charge in [0.05, 0.1) is 0 Å². The predicted octanol–water partition coefficient (Wildman–Crippen LogP) is 4.27. The zero-order chi connectivity index (χ0) is 13.4. The predicted molar refractivity (Wildman–Crippen MR) is 75.4 cm³/mol. The molecule has 0 amide bonds. The molecule has 0 radical (unpaired) electrons. The van der Waals surface area contributed by atoms with Crippen molar-refractivity contribution in [3.63, 3.8) is 0 Å². The lowest BCUT2D eigenvalue weighted by molar-refractivity contribution is -0.137. The Balaban J connectivity index is 2.50. The average molecular weight is 246 g/mol. The first-order valence-electron chi connectivity index (χ1n) is 6.45. The van der Waals surface area contributed by atoms with Gasteiger partial charge in [0, 0.05) is 11.8 Å². The van der Waals surface area contributed by atoms with E-state index in [0.717, 1.165) is 12.8 Å². The highest BCUT2D eigenvalue weighted by molar-refractivity contribution is 5.66. The lowest BCUT2D eigenvalue weighted by atomic mass is 9.81. The van der Waals surface area contributed by atoms with Crippen LogP contribution in [0.1, 0.15) is 39.5 Å². The number of carbonyl (C=O) groups is 1. The highest BCUT2D eigenvalue weighted by Crippen LogP contribution is 2.31. The van der Waals surface area contributed by atoms with Gasteiger partial charge in [0.1, 0.15) is 0 Å². The third-order valence-electron chi connectivity index (χ3n) is 3.12. The molecule has 0 bridgehead atoms. The SMILES string of the molecule is CC(C)(C=CCCCC(=O)O)C1=CC=CC=CC1. The van der Waals surface area contributed by atoms with Crippen molar-refractivity contribution in [1.29, 1.82) is 0 Å². The van der Waals surface area contributed by atoms with Crippen LogP contribution in [0.25, 0.3) is 0 Å². The summed E-state index contributed by atoms with van der Waals surface area (Å²) in [5.74, 6) is -0.718. The maximum absolute atomic E-state index is 10.4. The van der Waals surface area contributed by atoms with Crippen molar-refractivity contribution < 1.29 is 9.90 Å². The molecule has 1 N–H and O–H groups in total. The summed E-state index contributed by atoms with van der Waals surface area (Å²) in [5.41, 5.74) is 1.41. The Morgan fingerprint density at radius 1 is 1.39 bits per heavy atom. The van der Waals surface area contributed by atoms with Crippen LogP contribution >= 0.6 is 0 Å². The van der Waals surface area contributed by atoms with E-state index in [0.29, 0.717) is 6.42 Å². The molecule has 98 valence electrons. The Hall–Kier alpha value is -1.57. The molecule has 0 heterocycles. The number of hydrogen-bond acceptors (Lipinski definition) is 1. The van der Waals surface area contributed by atoms with E-state index in [4.69, 9.17) is 5.11 Å². The fourth-order valence-corrected chi connectivity index (χ4v) is 1.91. The summed E-state index contributed by atoms with van der Waals surface area (Å²) in [6.45, 7) is 4.39. The highest BCUT2D eigenvalue weighted by atomic mass is 16.4. The van der Waals surface area contributed by atoms with Crippen molar-refractivity contribution in [3.8, 4) is 0 Å². The summed E-state index contributed by atoms with van der Waals surface area (Å²) >= 11 is 0. The topological polar surface area (TPSA) is 37.3 Å². The van der Waals surface area contributed by atoms with Gasteiger partial charge >= 0.3 is 5.97 Å². The number of carboxylic acids is 1. The molecule has 0 spiro atoms. The molecule has 2 heteroatoms. The molecule has 0 atom stereocenters. The minimum atomic E-state index is -0.718. The summed E-state index contributed by atoms with van der Waals surface area (Å²) in [4.78, 5) is 10.4. The van der Waals surface area contributed by atoms with Crippen LogP contribution in [-0.4, -0.2) is 11.1 Å². The molecule has 0 saturated carbocycles. The summed E-state index contributed by atoms with van der Waals surface area (Å²) in [6, 6.07) is 0. The number of unbranched alkanes of at least 4 members (excludes halogenated alkanes) is 1. The van der Waals surface area contributed by atoms with Gasteiger partial charge in [0.15, 0.2) is 0 Å². The van der Waals surface area contributed by atoms with Crippen molar-refractivity contribution in [2.45, 2.75) is 39.5 Å². The highest BCUT2D eigenvalue weighted by Gasteiger charge is 2.18. The summed E-state index contributed by atoms with van der Waals surface area (Å²) in [7, 11) is 0. The van der Waals surface area contributed by atoms with E-state index in [1.807, 2.05) is 6.08 Å². The number of rotatable bonds is 6. The van der Waals surface area contributed by atoms with Gasteiger partial charge in [-0.25, -0.2) is 0 Å². The van der Waals surface area contributed by atoms with Crippen LogP contribution in [0.5, 0.6) is 0 Å². The Bertz CT molecular complexity index is 395. The number of aliphatic carboxylic acids is 1. The van der Waals surface area contributed by atoms with Crippen LogP contribution in [0.15, 0.2) is 48.1 Å². The van der Waals surface area contributed by atoms with Gasteiger partial charge in [-0.3, -0.25) is 4.79 Å². The van der Waals surface area contributed by atoms with Gasteiger partial charge in [-0.15, -0.1) is 0 Å². The van der Waals surface area contributed by atoms with Crippen LogP contribution in [0.4, 0.5) is 0 Å². The van der Waals surface area contributed by atoms with E-state index in [1.54, 1.807) is 0 Å². The van der Waals surface area contributed by atoms with E-state index < -0.39 is 5.97 Å². The second-order valence-electron chi connectivity index (χ2n) is 5.12. The summed E-state index contributed by atoms with van der Waals surface area (Å²) < 4.78 is 0. The van der Waals surface area contributed by atoms with Gasteiger partial charge in [-0.2, -0.15) is 0 Å². The molecule has 1 aliphatic rings. The third kappa shape index (κ3) is 5.17. The lowest BCUT2D eigenvalue weighted by Crippen LogP contribution is -2.10. The van der Waals surface area contributed by atoms with Crippen molar-refractivity contribution in [3.05, 3.63) is 48.1 Å². The van der Waals surface area contributed by atoms with Crippen molar-refractivity contribution in [1.82, 2.24) is 0 Å². The van der Waals surface area contributed by atoms with Gasteiger partial charge < -0.3 is 5.11 Å². The minimum absolute atomic E-state index is 0.0300. The number of carboxylic acid groups (broad SMARTS) is 1. The molecule has 0 aromatic carbocycles.